The number of aromatic nitrogens is 2. The molecule has 7 nitrogen and oxygen atoms in total. The van der Waals surface area contributed by atoms with Crippen molar-refractivity contribution < 1.29 is 13.2 Å². The third kappa shape index (κ3) is 4.53. The molecule has 1 aliphatic heterocycles. The van der Waals surface area contributed by atoms with Gasteiger partial charge in [-0.3, -0.25) is 9.89 Å². The molecule has 0 saturated carbocycles. The van der Waals surface area contributed by atoms with E-state index < -0.39 is 10.0 Å². The predicted octanol–water partition coefficient (Wildman–Crippen LogP) is 3.36. The molecule has 0 radical (unpaired) electrons. The third-order valence-corrected chi connectivity index (χ3v) is 7.56. The molecule has 0 aliphatic carbocycles. The van der Waals surface area contributed by atoms with Crippen LogP contribution < -0.4 is 5.32 Å². The van der Waals surface area contributed by atoms with Gasteiger partial charge in [-0.1, -0.05) is 32.9 Å². The summed E-state index contributed by atoms with van der Waals surface area (Å²) in [7, 11) is -3.68. The third-order valence-electron chi connectivity index (χ3n) is 5.43. The van der Waals surface area contributed by atoms with Crippen molar-refractivity contribution in [2.45, 2.75) is 57.8 Å². The average molecular weight is 419 g/mol. The first kappa shape index (κ1) is 21.5. The Kier molecular flexibility index (Phi) is 5.87. The fourth-order valence-corrected chi connectivity index (χ4v) is 5.58. The zero-order chi connectivity index (χ0) is 21.4. The van der Waals surface area contributed by atoms with Crippen LogP contribution in [0, 0.1) is 19.8 Å². The summed E-state index contributed by atoms with van der Waals surface area (Å²) in [5, 5.41) is 9.67. The van der Waals surface area contributed by atoms with Gasteiger partial charge in [0.2, 0.25) is 15.9 Å². The Balaban J connectivity index is 1.71. The van der Waals surface area contributed by atoms with Gasteiger partial charge in [-0.05, 0) is 49.8 Å². The highest BCUT2D eigenvalue weighted by atomic mass is 32.2. The number of carbonyl (C=O) groups excluding carboxylic acids is 1. The molecule has 1 aromatic heterocycles. The summed E-state index contributed by atoms with van der Waals surface area (Å²) >= 11 is 0. The number of carbonyl (C=O) groups is 1. The first-order valence-electron chi connectivity index (χ1n) is 9.93. The Hall–Kier alpha value is -2.19. The monoisotopic (exact) mass is 418 g/mol. The molecule has 8 heteroatoms. The normalized spacial score (nSPS) is 18.6. The number of aromatic amines is 1. The van der Waals surface area contributed by atoms with E-state index in [4.69, 9.17) is 0 Å². The molecule has 1 saturated heterocycles. The van der Waals surface area contributed by atoms with E-state index in [-0.39, 0.29) is 28.7 Å². The van der Waals surface area contributed by atoms with Crippen molar-refractivity contribution in [1.29, 1.82) is 0 Å². The van der Waals surface area contributed by atoms with E-state index in [0.717, 1.165) is 5.69 Å². The Morgan fingerprint density at radius 3 is 2.41 bits per heavy atom. The minimum atomic E-state index is -3.68. The van der Waals surface area contributed by atoms with Crippen molar-refractivity contribution in [2.24, 2.45) is 5.92 Å². The zero-order valence-electron chi connectivity index (χ0n) is 17.7. The molecule has 2 heterocycles. The molecular weight excluding hydrogens is 388 g/mol. The van der Waals surface area contributed by atoms with Crippen LogP contribution in [-0.4, -0.2) is 41.9 Å². The molecule has 1 fully saturated rings. The predicted molar refractivity (Wildman–Crippen MR) is 113 cm³/mol. The Labute approximate surface area is 172 Å². The Morgan fingerprint density at radius 1 is 1.21 bits per heavy atom. The maximum Gasteiger partial charge on any atom is 0.246 e. The number of nitrogens with zero attached hydrogens (tertiary/aromatic N) is 2. The number of hydrogen-bond donors (Lipinski definition) is 2. The van der Waals surface area contributed by atoms with Gasteiger partial charge in [-0.2, -0.15) is 9.40 Å². The van der Waals surface area contributed by atoms with Crippen molar-refractivity contribution in [3.63, 3.8) is 0 Å². The second-order valence-corrected chi connectivity index (χ2v) is 10.7. The summed E-state index contributed by atoms with van der Waals surface area (Å²) in [4.78, 5) is 13.0. The lowest BCUT2D eigenvalue weighted by Crippen LogP contribution is -2.43. The van der Waals surface area contributed by atoms with Crippen molar-refractivity contribution in [3.05, 3.63) is 41.2 Å². The van der Waals surface area contributed by atoms with E-state index >= 15 is 0 Å². The fourth-order valence-electron chi connectivity index (χ4n) is 3.72. The summed E-state index contributed by atoms with van der Waals surface area (Å²) in [5.41, 5.74) is 2.94. The van der Waals surface area contributed by atoms with E-state index in [1.54, 1.807) is 13.8 Å². The van der Waals surface area contributed by atoms with Crippen LogP contribution in [0.3, 0.4) is 0 Å². The summed E-state index contributed by atoms with van der Waals surface area (Å²) in [5.74, 6) is -0.526. The first-order chi connectivity index (χ1) is 13.5. The molecule has 29 heavy (non-hydrogen) atoms. The van der Waals surface area contributed by atoms with Crippen molar-refractivity contribution in [2.75, 3.05) is 18.4 Å². The molecule has 1 unspecified atom stereocenters. The van der Waals surface area contributed by atoms with Gasteiger partial charge in [0.25, 0.3) is 0 Å². The molecular formula is C21H30N4O3S. The van der Waals surface area contributed by atoms with Crippen LogP contribution in [0.15, 0.2) is 29.2 Å². The van der Waals surface area contributed by atoms with Crippen LogP contribution >= 0.6 is 0 Å². The van der Waals surface area contributed by atoms with Crippen LogP contribution in [0.4, 0.5) is 5.69 Å². The lowest BCUT2D eigenvalue weighted by atomic mass is 9.87. The topological polar surface area (TPSA) is 95.2 Å². The van der Waals surface area contributed by atoms with Crippen LogP contribution in [0.1, 0.15) is 50.6 Å². The maximum atomic E-state index is 13.1. The number of benzene rings is 1. The highest BCUT2D eigenvalue weighted by Gasteiger charge is 2.35. The van der Waals surface area contributed by atoms with E-state index in [0.29, 0.717) is 30.8 Å². The number of H-pyrrole nitrogens is 1. The molecule has 2 N–H and O–H groups in total. The number of rotatable bonds is 4. The van der Waals surface area contributed by atoms with Gasteiger partial charge >= 0.3 is 0 Å². The van der Waals surface area contributed by atoms with E-state index in [1.807, 2.05) is 24.3 Å². The summed E-state index contributed by atoms with van der Waals surface area (Å²) in [6.45, 7) is 10.4. The number of nitrogens with one attached hydrogen (secondary N) is 2. The standard InChI is InChI=1S/C21H30N4O3S/c1-14-19(15(2)24-23-14)29(27,28)25-12-6-7-16(13-25)20(26)22-18-10-8-17(9-11-18)21(3,4)5/h8-11,16H,6-7,12-13H2,1-5H3,(H,22,26)(H,23,24). The Bertz CT molecular complexity index is 968. The summed E-state index contributed by atoms with van der Waals surface area (Å²) in [6.07, 6.45) is 1.32. The molecule has 3 rings (SSSR count). The Morgan fingerprint density at radius 2 is 1.86 bits per heavy atom. The van der Waals surface area contributed by atoms with Gasteiger partial charge in [0.1, 0.15) is 4.90 Å². The molecule has 2 aromatic rings. The first-order valence-corrected chi connectivity index (χ1v) is 11.4. The van der Waals surface area contributed by atoms with Gasteiger partial charge in [-0.25, -0.2) is 8.42 Å². The van der Waals surface area contributed by atoms with Crippen molar-refractivity contribution in [1.82, 2.24) is 14.5 Å². The fraction of sp³-hybridized carbons (Fsp3) is 0.524. The lowest BCUT2D eigenvalue weighted by molar-refractivity contribution is -0.120. The molecule has 0 bridgehead atoms. The highest BCUT2D eigenvalue weighted by Crippen LogP contribution is 2.28. The van der Waals surface area contributed by atoms with Gasteiger partial charge in [0.15, 0.2) is 0 Å². The largest absolute Gasteiger partial charge is 0.326 e. The highest BCUT2D eigenvalue weighted by molar-refractivity contribution is 7.89. The van der Waals surface area contributed by atoms with Crippen molar-refractivity contribution in [3.8, 4) is 0 Å². The minimum Gasteiger partial charge on any atom is -0.326 e. The number of sulfonamides is 1. The molecule has 1 atom stereocenters. The maximum absolute atomic E-state index is 13.1. The van der Waals surface area contributed by atoms with Gasteiger partial charge < -0.3 is 5.32 Å². The molecule has 1 aliphatic rings. The van der Waals surface area contributed by atoms with E-state index in [9.17, 15) is 13.2 Å². The zero-order valence-corrected chi connectivity index (χ0v) is 18.6. The molecule has 0 spiro atoms. The van der Waals surface area contributed by atoms with Crippen LogP contribution in [-0.2, 0) is 20.2 Å². The van der Waals surface area contributed by atoms with Crippen molar-refractivity contribution >= 4 is 21.6 Å². The van der Waals surface area contributed by atoms with E-state index in [1.165, 1.54) is 9.87 Å². The average Bonchev–Trinajstić information content (AvgIpc) is 3.00. The molecule has 1 amide bonds. The second kappa shape index (κ2) is 7.91. The lowest BCUT2D eigenvalue weighted by Gasteiger charge is -2.31. The van der Waals surface area contributed by atoms with Crippen LogP contribution in [0.25, 0.3) is 0 Å². The number of amides is 1. The summed E-state index contributed by atoms with van der Waals surface area (Å²) < 4.78 is 27.6. The quantitative estimate of drug-likeness (QED) is 0.796. The molecule has 158 valence electrons. The number of aryl methyl sites for hydroxylation is 2. The number of anilines is 1. The van der Waals surface area contributed by atoms with Gasteiger partial charge in [0.05, 0.1) is 17.3 Å². The van der Waals surface area contributed by atoms with E-state index in [2.05, 4.69) is 36.3 Å². The second-order valence-electron chi connectivity index (χ2n) is 8.78. The smallest absolute Gasteiger partial charge is 0.246 e. The number of piperidine rings is 1. The molecule has 1 aromatic carbocycles. The van der Waals surface area contributed by atoms with Crippen LogP contribution in [0.2, 0.25) is 0 Å². The minimum absolute atomic E-state index is 0.0457. The summed E-state index contributed by atoms with van der Waals surface area (Å²) in [6, 6.07) is 7.82. The van der Waals surface area contributed by atoms with Gasteiger partial charge in [0, 0.05) is 18.8 Å². The van der Waals surface area contributed by atoms with Gasteiger partial charge in [-0.15, -0.1) is 0 Å². The number of hydrogen-bond acceptors (Lipinski definition) is 4. The SMILES string of the molecule is Cc1n[nH]c(C)c1S(=O)(=O)N1CCCC(C(=O)Nc2ccc(C(C)(C)C)cc2)C1. The van der Waals surface area contributed by atoms with Crippen LogP contribution in [0.5, 0.6) is 0 Å².